The van der Waals surface area contributed by atoms with Crippen molar-refractivity contribution < 1.29 is 18.7 Å². The van der Waals surface area contributed by atoms with E-state index in [0.29, 0.717) is 37.5 Å². The van der Waals surface area contributed by atoms with Crippen molar-refractivity contribution >= 4 is 23.1 Å². The number of amides is 3. The first-order valence-electron chi connectivity index (χ1n) is 10.5. The van der Waals surface area contributed by atoms with Crippen molar-refractivity contribution in [2.75, 3.05) is 31.2 Å². The number of hydrogen-bond donors (Lipinski definition) is 1. The lowest BCUT2D eigenvalue weighted by atomic mass is 9.83. The molecule has 0 spiro atoms. The minimum atomic E-state index is -1.26. The fourth-order valence-corrected chi connectivity index (χ4v) is 4.91. The molecule has 0 saturated carbocycles. The van der Waals surface area contributed by atoms with Crippen molar-refractivity contribution in [3.63, 3.8) is 0 Å². The van der Waals surface area contributed by atoms with Gasteiger partial charge in [-0.1, -0.05) is 0 Å². The van der Waals surface area contributed by atoms with Crippen molar-refractivity contribution in [3.05, 3.63) is 30.1 Å². The number of carbonyl (C=O) groups is 2. The molecule has 0 aromatic carbocycles. The molecule has 2 aromatic heterocycles. The number of fused-ring (bicyclic) bond motifs is 1. The first-order chi connectivity index (χ1) is 14.4. The zero-order valence-corrected chi connectivity index (χ0v) is 17.0. The van der Waals surface area contributed by atoms with Crippen molar-refractivity contribution in [1.82, 2.24) is 19.8 Å². The molecular weight excluding hydrogens is 389 g/mol. The Balaban J connectivity index is 1.35. The van der Waals surface area contributed by atoms with Crippen molar-refractivity contribution in [3.8, 4) is 0 Å². The summed E-state index contributed by atoms with van der Waals surface area (Å²) in [6.45, 7) is 4.65. The lowest BCUT2D eigenvalue weighted by Crippen LogP contribution is -2.58. The van der Waals surface area contributed by atoms with E-state index in [1.807, 2.05) is 12.1 Å². The Bertz CT molecular complexity index is 990. The molecule has 1 N–H and O–H groups in total. The molecule has 2 atom stereocenters. The van der Waals surface area contributed by atoms with E-state index in [4.69, 9.17) is 4.74 Å². The maximum Gasteiger partial charge on any atom is 0.328 e. The van der Waals surface area contributed by atoms with Gasteiger partial charge >= 0.3 is 6.03 Å². The third-order valence-corrected chi connectivity index (χ3v) is 6.57. The van der Waals surface area contributed by atoms with Gasteiger partial charge in [-0.2, -0.15) is 5.10 Å². The van der Waals surface area contributed by atoms with Gasteiger partial charge in [-0.3, -0.25) is 19.9 Å². The molecule has 3 aliphatic rings. The molecule has 8 nitrogen and oxygen atoms in total. The molecule has 0 unspecified atom stereocenters. The number of hydrogen-bond acceptors (Lipinski definition) is 5. The summed E-state index contributed by atoms with van der Waals surface area (Å²) in [6.07, 6.45) is 4.99. The van der Waals surface area contributed by atoms with Crippen LogP contribution in [0, 0.1) is 0 Å². The number of aromatic nitrogens is 2. The number of alkyl halides is 1. The van der Waals surface area contributed by atoms with Crippen LogP contribution in [-0.2, 0) is 16.0 Å². The minimum absolute atomic E-state index is 0.182. The average Bonchev–Trinajstić information content (AvgIpc) is 3.05. The predicted molar refractivity (Wildman–Crippen MR) is 108 cm³/mol. The number of rotatable bonds is 4. The number of nitrogens with zero attached hydrogens (tertiary/aromatic N) is 4. The highest BCUT2D eigenvalue weighted by Gasteiger charge is 2.42. The second kappa shape index (κ2) is 7.31. The Morgan fingerprint density at radius 3 is 2.87 bits per heavy atom. The van der Waals surface area contributed by atoms with Crippen LogP contribution < -0.4 is 10.2 Å². The third kappa shape index (κ3) is 3.45. The maximum atomic E-state index is 15.8. The van der Waals surface area contributed by atoms with Crippen LogP contribution in [0.4, 0.5) is 14.9 Å². The molecule has 0 aliphatic carbocycles. The Kier molecular flexibility index (Phi) is 4.74. The summed E-state index contributed by atoms with van der Waals surface area (Å²) in [7, 11) is 0. The van der Waals surface area contributed by atoms with Crippen LogP contribution >= 0.6 is 0 Å². The number of urea groups is 1. The van der Waals surface area contributed by atoms with Gasteiger partial charge < -0.3 is 4.74 Å². The van der Waals surface area contributed by atoms with E-state index in [9.17, 15) is 9.59 Å². The van der Waals surface area contributed by atoms with E-state index in [2.05, 4.69) is 22.2 Å². The van der Waals surface area contributed by atoms with Crippen LogP contribution in [0.3, 0.4) is 0 Å². The van der Waals surface area contributed by atoms with Gasteiger partial charge in [0.25, 0.3) is 0 Å². The largest absolute Gasteiger partial charge is 0.378 e. The maximum absolute atomic E-state index is 15.8. The van der Waals surface area contributed by atoms with Crippen LogP contribution in [0.2, 0.25) is 0 Å². The van der Waals surface area contributed by atoms with Gasteiger partial charge in [0.1, 0.15) is 5.67 Å². The Morgan fingerprint density at radius 1 is 1.33 bits per heavy atom. The Hall–Kier alpha value is -2.52. The lowest BCUT2D eigenvalue weighted by Gasteiger charge is -2.47. The van der Waals surface area contributed by atoms with Gasteiger partial charge in [0.05, 0.1) is 36.7 Å². The van der Waals surface area contributed by atoms with Gasteiger partial charge in [-0.15, -0.1) is 0 Å². The molecule has 3 amide bonds. The zero-order valence-electron chi connectivity index (χ0n) is 17.0. The highest BCUT2D eigenvalue weighted by molar-refractivity contribution is 6.07. The summed E-state index contributed by atoms with van der Waals surface area (Å²) in [5.41, 5.74) is 0.988. The number of anilines is 1. The fraction of sp³-hybridized carbons (Fsp3) is 0.571. The van der Waals surface area contributed by atoms with Gasteiger partial charge in [-0.05, 0) is 37.5 Å². The molecule has 9 heteroatoms. The molecule has 160 valence electrons. The highest BCUT2D eigenvalue weighted by atomic mass is 19.1. The summed E-state index contributed by atoms with van der Waals surface area (Å²) in [4.78, 5) is 27.6. The Morgan fingerprint density at radius 2 is 2.17 bits per heavy atom. The number of ether oxygens (including phenoxy) is 1. The van der Waals surface area contributed by atoms with Crippen molar-refractivity contribution in [1.29, 1.82) is 0 Å². The van der Waals surface area contributed by atoms with Gasteiger partial charge in [0.2, 0.25) is 5.91 Å². The summed E-state index contributed by atoms with van der Waals surface area (Å²) in [5.74, 6) is -0.276. The van der Waals surface area contributed by atoms with E-state index < -0.39 is 11.7 Å². The summed E-state index contributed by atoms with van der Waals surface area (Å²) >= 11 is 0. The van der Waals surface area contributed by atoms with E-state index in [-0.39, 0.29) is 18.4 Å². The first-order valence-corrected chi connectivity index (χ1v) is 10.5. The number of piperidine rings is 1. The zero-order chi connectivity index (χ0) is 20.9. The van der Waals surface area contributed by atoms with Crippen LogP contribution in [0.1, 0.15) is 31.7 Å². The second-order valence-corrected chi connectivity index (χ2v) is 8.71. The Labute approximate surface area is 174 Å². The monoisotopic (exact) mass is 415 g/mol. The van der Waals surface area contributed by atoms with Crippen molar-refractivity contribution in [2.45, 2.75) is 50.4 Å². The fourth-order valence-electron chi connectivity index (χ4n) is 4.91. The number of carbonyl (C=O) groups excluding carboxylic acids is 2. The number of nitrogens with one attached hydrogen (secondary N) is 1. The summed E-state index contributed by atoms with van der Waals surface area (Å²) in [6, 6.07) is 3.96. The standard InChI is InChI=1S/C21H26FN5O3/c1-14-9-21(22,4-7-25(14)16-12-30-13-16)10-15-2-6-27-17(8-15)18(11-23-27)26-5-3-19(28)24-20(26)29/h2,6,8,11,14,16H,3-5,7,9-10,12-13H2,1H3,(H,24,28,29)/t14-,21+/m0/s1. The smallest absolute Gasteiger partial charge is 0.328 e. The molecule has 2 aromatic rings. The van der Waals surface area contributed by atoms with Crippen LogP contribution in [0.25, 0.3) is 5.52 Å². The van der Waals surface area contributed by atoms with Crippen molar-refractivity contribution in [2.24, 2.45) is 0 Å². The van der Waals surface area contributed by atoms with E-state index in [0.717, 1.165) is 30.8 Å². The lowest BCUT2D eigenvalue weighted by molar-refractivity contribution is -0.120. The van der Waals surface area contributed by atoms with Gasteiger partial charge in [-0.25, -0.2) is 13.7 Å². The second-order valence-electron chi connectivity index (χ2n) is 8.71. The normalized spacial score (nSPS) is 28.6. The van der Waals surface area contributed by atoms with Crippen LogP contribution in [0.15, 0.2) is 24.5 Å². The molecule has 5 heterocycles. The molecule has 0 bridgehead atoms. The summed E-state index contributed by atoms with van der Waals surface area (Å²) < 4.78 is 22.7. The molecule has 0 radical (unpaired) electrons. The van der Waals surface area contributed by atoms with Gasteiger partial charge in [0.15, 0.2) is 0 Å². The minimum Gasteiger partial charge on any atom is -0.378 e. The molecule has 5 rings (SSSR count). The van der Waals surface area contributed by atoms with E-state index in [1.54, 1.807) is 16.9 Å². The topological polar surface area (TPSA) is 79.2 Å². The SMILES string of the molecule is C[C@H]1C[C@@](F)(Cc2ccn3ncc(N4CCC(=O)NC4=O)c3c2)CCN1C1COC1. The van der Waals surface area contributed by atoms with Crippen LogP contribution in [0.5, 0.6) is 0 Å². The molecular formula is C21H26FN5O3. The predicted octanol–water partition coefficient (Wildman–Crippen LogP) is 1.91. The summed E-state index contributed by atoms with van der Waals surface area (Å²) in [5, 5.41) is 6.64. The van der Waals surface area contributed by atoms with Crippen LogP contribution in [-0.4, -0.2) is 70.5 Å². The number of likely N-dealkylation sites (tertiary alicyclic amines) is 1. The first kappa shape index (κ1) is 19.4. The van der Waals surface area contributed by atoms with E-state index >= 15 is 4.39 Å². The molecule has 3 aliphatic heterocycles. The highest BCUT2D eigenvalue weighted by Crippen LogP contribution is 2.36. The number of halogens is 1. The average molecular weight is 415 g/mol. The number of pyridine rings is 1. The molecule has 3 saturated heterocycles. The molecule has 3 fully saturated rings. The number of imide groups is 1. The quantitative estimate of drug-likeness (QED) is 0.825. The van der Waals surface area contributed by atoms with E-state index in [1.165, 1.54) is 4.90 Å². The third-order valence-electron chi connectivity index (χ3n) is 6.57. The van der Waals surface area contributed by atoms with Gasteiger partial charge in [0, 0.05) is 38.2 Å². The molecule has 30 heavy (non-hydrogen) atoms.